The summed E-state index contributed by atoms with van der Waals surface area (Å²) in [6.07, 6.45) is 1.24. The number of phenolic OH excluding ortho intramolecular Hbond substituents is 1. The van der Waals surface area contributed by atoms with Crippen molar-refractivity contribution in [2.75, 3.05) is 26.8 Å². The lowest BCUT2D eigenvalue weighted by Gasteiger charge is -2.37. The zero-order valence-electron chi connectivity index (χ0n) is 20.2. The minimum absolute atomic E-state index is 0.00855. The van der Waals surface area contributed by atoms with E-state index in [1.54, 1.807) is 20.1 Å². The van der Waals surface area contributed by atoms with E-state index in [-0.39, 0.29) is 23.3 Å². The Balaban J connectivity index is 1.65. The van der Waals surface area contributed by atoms with Gasteiger partial charge >= 0.3 is 0 Å². The molecule has 3 aliphatic rings. The van der Waals surface area contributed by atoms with Gasteiger partial charge in [0.2, 0.25) is 5.91 Å². The molecule has 6 rings (SSSR count). The number of benzene rings is 3. The summed E-state index contributed by atoms with van der Waals surface area (Å²) in [5.74, 6) is 1.53. The Morgan fingerprint density at radius 1 is 1.14 bits per heavy atom. The lowest BCUT2D eigenvalue weighted by atomic mass is 9.87. The third-order valence-electron chi connectivity index (χ3n) is 6.55. The second kappa shape index (κ2) is 9.81. The molecule has 186 valence electrons. The lowest BCUT2D eigenvalue weighted by Crippen LogP contribution is -2.39. The summed E-state index contributed by atoms with van der Waals surface area (Å²) in [6.45, 7) is 2.92. The van der Waals surface area contributed by atoms with Crippen LogP contribution < -0.4 is 19.5 Å². The predicted octanol–water partition coefficient (Wildman–Crippen LogP) is 4.20. The van der Waals surface area contributed by atoms with Gasteiger partial charge in [-0.15, -0.1) is 0 Å². The van der Waals surface area contributed by atoms with E-state index < -0.39 is 5.91 Å². The van der Waals surface area contributed by atoms with E-state index in [0.717, 1.165) is 16.7 Å². The molecule has 0 fully saturated rings. The van der Waals surface area contributed by atoms with Gasteiger partial charge in [0, 0.05) is 20.0 Å². The fraction of sp³-hybridized carbons (Fsp3) is 0.286. The van der Waals surface area contributed by atoms with E-state index in [1.165, 1.54) is 12.1 Å². The Labute approximate surface area is 209 Å². The van der Waals surface area contributed by atoms with Crippen molar-refractivity contribution in [1.82, 2.24) is 10.2 Å². The fourth-order valence-electron chi connectivity index (χ4n) is 4.79. The largest absolute Gasteiger partial charge is 0.507 e. The van der Waals surface area contributed by atoms with Crippen LogP contribution in [-0.2, 0) is 11.2 Å². The summed E-state index contributed by atoms with van der Waals surface area (Å²) in [6, 6.07) is 15.8. The average molecular weight is 489 g/mol. The fourth-order valence-corrected chi connectivity index (χ4v) is 4.79. The van der Waals surface area contributed by atoms with Crippen LogP contribution in [0, 0.1) is 0 Å². The number of carbonyl (C=O) groups excluding carboxylic acids is 2. The molecule has 1 atom stereocenters. The summed E-state index contributed by atoms with van der Waals surface area (Å²) in [5, 5.41) is 13.1. The van der Waals surface area contributed by atoms with Crippen molar-refractivity contribution in [2.24, 2.45) is 0 Å². The number of hydrogen-bond donors (Lipinski definition) is 2. The van der Waals surface area contributed by atoms with E-state index in [9.17, 15) is 14.7 Å². The summed E-state index contributed by atoms with van der Waals surface area (Å²) in [4.78, 5) is 27.2. The van der Waals surface area contributed by atoms with Crippen LogP contribution in [0.3, 0.4) is 0 Å². The molecule has 36 heavy (non-hydrogen) atoms. The van der Waals surface area contributed by atoms with Gasteiger partial charge in [-0.1, -0.05) is 12.1 Å². The number of amides is 2. The van der Waals surface area contributed by atoms with Gasteiger partial charge in [0.1, 0.15) is 17.2 Å². The predicted molar refractivity (Wildman–Crippen MR) is 133 cm³/mol. The molecular formula is C28H28N2O6. The first-order valence-corrected chi connectivity index (χ1v) is 11.9. The number of fused-ring (bicyclic) bond motifs is 6. The number of aromatic hydroxyl groups is 1. The van der Waals surface area contributed by atoms with Crippen molar-refractivity contribution in [3.8, 4) is 28.7 Å². The van der Waals surface area contributed by atoms with Crippen LogP contribution in [0.1, 0.15) is 46.4 Å². The number of carbonyl (C=O) groups is 2. The average Bonchev–Trinajstić information content (AvgIpc) is 2.88. The first kappa shape index (κ1) is 23.5. The first-order valence-electron chi connectivity index (χ1n) is 11.9. The maximum Gasteiger partial charge on any atom is 0.255 e. The molecule has 0 aromatic heterocycles. The molecule has 3 aliphatic heterocycles. The Kier molecular flexibility index (Phi) is 6.41. The number of hydrogen-bond acceptors (Lipinski definition) is 6. The second-order valence-electron chi connectivity index (χ2n) is 8.88. The standard InChI is InChI=1S/C28H28N2O6/c1-17(31)30-11-9-18-14-26-25(34-2)16-22(18)27(30)19-5-3-6-20(13-19)35-12-4-10-29-28(33)23-15-21(36-26)7-8-24(23)32/h3,5-8,13-16,27,32H,4,9-12H2,1-2H3,(H,29,33). The van der Waals surface area contributed by atoms with Gasteiger partial charge in [0.05, 0.1) is 25.3 Å². The third-order valence-corrected chi connectivity index (χ3v) is 6.55. The summed E-state index contributed by atoms with van der Waals surface area (Å²) in [5.41, 5.74) is 3.07. The van der Waals surface area contributed by atoms with E-state index in [2.05, 4.69) is 5.32 Å². The molecule has 0 saturated carbocycles. The Morgan fingerprint density at radius 3 is 2.81 bits per heavy atom. The molecule has 3 aromatic rings. The molecule has 2 N–H and O–H groups in total. The van der Waals surface area contributed by atoms with Crippen molar-refractivity contribution < 1.29 is 28.9 Å². The topological polar surface area (TPSA) is 97.3 Å². The van der Waals surface area contributed by atoms with Crippen LogP contribution in [0.2, 0.25) is 0 Å². The minimum Gasteiger partial charge on any atom is -0.507 e. The SMILES string of the molecule is COc1cc2c3cc1Oc1ccc(O)c(c1)C(=O)NCCCOc1cccc(c1)C2N(C(C)=O)CC3. The van der Waals surface area contributed by atoms with Gasteiger partial charge in [-0.2, -0.15) is 0 Å². The highest BCUT2D eigenvalue weighted by atomic mass is 16.5. The number of phenols is 1. The first-order chi connectivity index (χ1) is 17.4. The summed E-state index contributed by atoms with van der Waals surface area (Å²) < 4.78 is 17.8. The van der Waals surface area contributed by atoms with Crippen LogP contribution >= 0.6 is 0 Å². The molecule has 0 radical (unpaired) electrons. The maximum atomic E-state index is 12.7. The van der Waals surface area contributed by atoms with Crippen LogP contribution in [0.15, 0.2) is 54.6 Å². The van der Waals surface area contributed by atoms with Crippen molar-refractivity contribution in [1.29, 1.82) is 0 Å². The minimum atomic E-state index is -0.398. The van der Waals surface area contributed by atoms with E-state index >= 15 is 0 Å². The van der Waals surface area contributed by atoms with E-state index in [0.29, 0.717) is 55.5 Å². The zero-order chi connectivity index (χ0) is 25.2. The maximum absolute atomic E-state index is 12.7. The normalized spacial score (nSPS) is 17.2. The molecule has 8 bridgehead atoms. The number of nitrogens with zero attached hydrogens (tertiary/aromatic N) is 1. The smallest absolute Gasteiger partial charge is 0.255 e. The number of nitrogens with one attached hydrogen (secondary N) is 1. The summed E-state index contributed by atoms with van der Waals surface area (Å²) in [7, 11) is 1.56. The van der Waals surface area contributed by atoms with Crippen molar-refractivity contribution in [2.45, 2.75) is 25.8 Å². The molecule has 8 nitrogen and oxygen atoms in total. The highest BCUT2D eigenvalue weighted by Gasteiger charge is 2.32. The second-order valence-corrected chi connectivity index (χ2v) is 8.88. The highest BCUT2D eigenvalue weighted by Crippen LogP contribution is 2.43. The van der Waals surface area contributed by atoms with Gasteiger partial charge in [-0.05, 0) is 72.0 Å². The van der Waals surface area contributed by atoms with Gasteiger partial charge in [0.25, 0.3) is 5.91 Å². The molecule has 0 aliphatic carbocycles. The van der Waals surface area contributed by atoms with E-state index in [1.807, 2.05) is 41.3 Å². The monoisotopic (exact) mass is 488 g/mol. The van der Waals surface area contributed by atoms with Gasteiger partial charge in [-0.25, -0.2) is 0 Å². The molecule has 1 unspecified atom stereocenters. The Hall–Kier alpha value is -4.20. The van der Waals surface area contributed by atoms with E-state index in [4.69, 9.17) is 14.2 Å². The van der Waals surface area contributed by atoms with Crippen LogP contribution in [0.4, 0.5) is 0 Å². The molecule has 8 heteroatoms. The van der Waals surface area contributed by atoms with Crippen LogP contribution in [0.5, 0.6) is 28.7 Å². The Morgan fingerprint density at radius 2 is 2.00 bits per heavy atom. The Bertz CT molecular complexity index is 1320. The lowest BCUT2D eigenvalue weighted by molar-refractivity contribution is -0.130. The number of methoxy groups -OCH3 is 1. The van der Waals surface area contributed by atoms with Crippen LogP contribution in [-0.4, -0.2) is 48.6 Å². The zero-order valence-corrected chi connectivity index (χ0v) is 20.2. The van der Waals surface area contributed by atoms with Crippen LogP contribution in [0.25, 0.3) is 0 Å². The molecule has 0 saturated heterocycles. The van der Waals surface area contributed by atoms with Crippen molar-refractivity contribution in [3.05, 3.63) is 76.9 Å². The molecule has 2 amide bonds. The molecular weight excluding hydrogens is 460 g/mol. The highest BCUT2D eigenvalue weighted by molar-refractivity contribution is 5.97. The van der Waals surface area contributed by atoms with Gasteiger partial charge < -0.3 is 29.5 Å². The van der Waals surface area contributed by atoms with Gasteiger partial charge in [-0.3, -0.25) is 9.59 Å². The van der Waals surface area contributed by atoms with Gasteiger partial charge in [0.15, 0.2) is 11.5 Å². The summed E-state index contributed by atoms with van der Waals surface area (Å²) >= 11 is 0. The van der Waals surface area contributed by atoms with Crippen molar-refractivity contribution >= 4 is 11.8 Å². The molecule has 0 spiro atoms. The quantitative estimate of drug-likeness (QED) is 0.533. The molecule has 3 aromatic carbocycles. The number of ether oxygens (including phenoxy) is 3. The molecule has 3 heterocycles. The number of rotatable bonds is 1. The third kappa shape index (κ3) is 4.54. The van der Waals surface area contributed by atoms with Crippen molar-refractivity contribution in [3.63, 3.8) is 0 Å².